The van der Waals surface area contributed by atoms with E-state index >= 15 is 0 Å². The Labute approximate surface area is 224 Å². The fourth-order valence-electron chi connectivity index (χ4n) is 3.80. The summed E-state index contributed by atoms with van der Waals surface area (Å²) in [6.45, 7) is 7.19. The number of aromatic nitrogens is 2. The Bertz CT molecular complexity index is 1210. The quantitative estimate of drug-likeness (QED) is 0.312. The van der Waals surface area contributed by atoms with Gasteiger partial charge in [0, 0.05) is 38.4 Å². The summed E-state index contributed by atoms with van der Waals surface area (Å²) in [5.41, 5.74) is 1.82. The van der Waals surface area contributed by atoms with Crippen molar-refractivity contribution >= 4 is 45.0 Å². The van der Waals surface area contributed by atoms with Crippen LogP contribution >= 0.6 is 15.9 Å². The highest BCUT2D eigenvalue weighted by atomic mass is 79.9. The number of rotatable bonds is 11. The normalized spacial score (nSPS) is 13.6. The average Bonchev–Trinajstić information content (AvgIpc) is 2.92. The van der Waals surface area contributed by atoms with Gasteiger partial charge in [0.15, 0.2) is 0 Å². The zero-order valence-electron chi connectivity index (χ0n) is 20.9. The molecule has 1 aromatic heterocycles. The predicted molar refractivity (Wildman–Crippen MR) is 146 cm³/mol. The second-order valence-corrected chi connectivity index (χ2v) is 9.06. The van der Waals surface area contributed by atoms with Crippen LogP contribution in [0.25, 0.3) is 0 Å². The van der Waals surface area contributed by atoms with Gasteiger partial charge in [-0.05, 0) is 47.1 Å². The van der Waals surface area contributed by atoms with Crippen molar-refractivity contribution in [3.63, 3.8) is 0 Å². The Hall–Kier alpha value is -3.41. The van der Waals surface area contributed by atoms with Crippen LogP contribution < -0.4 is 25.4 Å². The maximum absolute atomic E-state index is 12.5. The Morgan fingerprint density at radius 3 is 2.73 bits per heavy atom. The molecule has 3 N–H and O–H groups in total. The lowest BCUT2D eigenvalue weighted by Crippen LogP contribution is -2.38. The first kappa shape index (κ1) is 26.6. The molecule has 1 fully saturated rings. The highest BCUT2D eigenvalue weighted by molar-refractivity contribution is 9.10. The average molecular weight is 571 g/mol. The van der Waals surface area contributed by atoms with Crippen molar-refractivity contribution in [2.24, 2.45) is 0 Å². The van der Waals surface area contributed by atoms with Crippen molar-refractivity contribution in [3.8, 4) is 11.5 Å². The second-order valence-electron chi connectivity index (χ2n) is 8.21. The number of carbonyl (C=O) groups is 1. The minimum absolute atomic E-state index is 0.163. The number of carbonyl (C=O) groups excluding carboxylic acids is 1. The van der Waals surface area contributed by atoms with Crippen LogP contribution in [0.15, 0.2) is 53.1 Å². The Kier molecular flexibility index (Phi) is 9.52. The summed E-state index contributed by atoms with van der Waals surface area (Å²) in [6, 6.07) is 12.8. The molecule has 10 nitrogen and oxygen atoms in total. The molecule has 2 heterocycles. The van der Waals surface area contributed by atoms with Crippen LogP contribution in [0.1, 0.15) is 17.3 Å². The van der Waals surface area contributed by atoms with Gasteiger partial charge in [-0.1, -0.05) is 12.1 Å². The highest BCUT2D eigenvalue weighted by Gasteiger charge is 2.15. The largest absolute Gasteiger partial charge is 0.495 e. The van der Waals surface area contributed by atoms with Gasteiger partial charge in [0.2, 0.25) is 5.95 Å². The summed E-state index contributed by atoms with van der Waals surface area (Å²) < 4.78 is 17.6. The molecule has 0 unspecified atom stereocenters. The van der Waals surface area contributed by atoms with Crippen LogP contribution in [0, 0.1) is 0 Å². The van der Waals surface area contributed by atoms with Crippen molar-refractivity contribution in [2.45, 2.75) is 6.92 Å². The third-order valence-electron chi connectivity index (χ3n) is 5.70. The van der Waals surface area contributed by atoms with E-state index in [9.17, 15) is 4.79 Å². The van der Waals surface area contributed by atoms with E-state index in [1.165, 1.54) is 0 Å². The number of ether oxygens (including phenoxy) is 3. The molecule has 4 rings (SSSR count). The summed E-state index contributed by atoms with van der Waals surface area (Å²) in [7, 11) is 1.60. The molecular formula is C26H31BrN6O4. The van der Waals surface area contributed by atoms with E-state index in [1.807, 2.05) is 43.3 Å². The van der Waals surface area contributed by atoms with E-state index in [0.717, 1.165) is 32.8 Å². The zero-order valence-corrected chi connectivity index (χ0v) is 22.5. The van der Waals surface area contributed by atoms with Crippen molar-refractivity contribution in [1.82, 2.24) is 20.2 Å². The van der Waals surface area contributed by atoms with Crippen LogP contribution in [0.4, 0.5) is 23.1 Å². The molecule has 0 saturated carbocycles. The van der Waals surface area contributed by atoms with Crippen molar-refractivity contribution in [1.29, 1.82) is 0 Å². The van der Waals surface area contributed by atoms with Crippen molar-refractivity contribution < 1.29 is 19.0 Å². The van der Waals surface area contributed by atoms with Gasteiger partial charge in [-0.15, -0.1) is 0 Å². The minimum atomic E-state index is -0.163. The molecule has 1 aliphatic heterocycles. The molecule has 1 amide bonds. The number of hydrogen-bond acceptors (Lipinski definition) is 9. The monoisotopic (exact) mass is 570 g/mol. The number of morpholine rings is 1. The molecule has 2 aromatic carbocycles. The molecule has 1 saturated heterocycles. The Morgan fingerprint density at radius 1 is 1.14 bits per heavy atom. The lowest BCUT2D eigenvalue weighted by molar-refractivity contribution is 0.0322. The van der Waals surface area contributed by atoms with Gasteiger partial charge in [0.1, 0.15) is 23.9 Å². The van der Waals surface area contributed by atoms with Gasteiger partial charge in [-0.25, -0.2) is 4.98 Å². The molecule has 1 aliphatic rings. The molecule has 11 heteroatoms. The van der Waals surface area contributed by atoms with Crippen LogP contribution in [0.2, 0.25) is 0 Å². The Morgan fingerprint density at radius 2 is 1.95 bits per heavy atom. The number of nitrogens with one attached hydrogen (secondary N) is 3. The molecule has 0 spiro atoms. The first-order valence-corrected chi connectivity index (χ1v) is 12.9. The first-order chi connectivity index (χ1) is 18.1. The summed E-state index contributed by atoms with van der Waals surface area (Å²) in [5.74, 6) is 2.03. The predicted octanol–water partition coefficient (Wildman–Crippen LogP) is 4.20. The topological polar surface area (TPSA) is 110 Å². The van der Waals surface area contributed by atoms with Gasteiger partial charge in [-0.2, -0.15) is 4.98 Å². The number of methoxy groups -OCH3 is 1. The fourth-order valence-corrected chi connectivity index (χ4v) is 4.09. The number of hydrogen-bond donors (Lipinski definition) is 3. The molecule has 3 aromatic rings. The van der Waals surface area contributed by atoms with E-state index in [4.69, 9.17) is 14.2 Å². The van der Waals surface area contributed by atoms with E-state index in [-0.39, 0.29) is 5.91 Å². The number of nitrogens with zero attached hydrogens (tertiary/aromatic N) is 3. The lowest BCUT2D eigenvalue weighted by atomic mass is 10.1. The fraction of sp³-hybridized carbons (Fsp3) is 0.346. The maximum Gasteiger partial charge on any atom is 0.253 e. The number of halogens is 1. The van der Waals surface area contributed by atoms with Crippen LogP contribution in [0.5, 0.6) is 11.5 Å². The summed E-state index contributed by atoms with van der Waals surface area (Å²) in [5, 5.41) is 9.29. The third kappa shape index (κ3) is 7.31. The molecule has 37 heavy (non-hydrogen) atoms. The second kappa shape index (κ2) is 13.2. The molecule has 0 atom stereocenters. The van der Waals surface area contributed by atoms with Gasteiger partial charge >= 0.3 is 0 Å². The summed E-state index contributed by atoms with van der Waals surface area (Å²) in [4.78, 5) is 23.8. The van der Waals surface area contributed by atoms with Crippen molar-refractivity contribution in [3.05, 3.63) is 58.7 Å². The summed E-state index contributed by atoms with van der Waals surface area (Å²) in [6.07, 6.45) is 1.64. The SMILES string of the molecule is CCNC(=O)c1ccccc1Nc1nc(Nc2cc(OCCN3CCOCC3)ccc2OC)ncc1Br. The molecule has 0 aliphatic carbocycles. The highest BCUT2D eigenvalue weighted by Crippen LogP contribution is 2.32. The van der Waals surface area contributed by atoms with E-state index in [1.54, 1.807) is 19.4 Å². The van der Waals surface area contributed by atoms with Gasteiger partial charge in [0.25, 0.3) is 5.91 Å². The van der Waals surface area contributed by atoms with E-state index < -0.39 is 0 Å². The van der Waals surface area contributed by atoms with E-state index in [2.05, 4.69) is 46.7 Å². The number of para-hydroxylation sites is 1. The van der Waals surface area contributed by atoms with Crippen LogP contribution in [0.3, 0.4) is 0 Å². The number of anilines is 4. The smallest absolute Gasteiger partial charge is 0.253 e. The van der Waals surface area contributed by atoms with Gasteiger partial charge < -0.3 is 30.2 Å². The van der Waals surface area contributed by atoms with Crippen LogP contribution in [-0.2, 0) is 4.74 Å². The molecule has 0 radical (unpaired) electrons. The lowest BCUT2D eigenvalue weighted by Gasteiger charge is -2.26. The Balaban J connectivity index is 1.48. The third-order valence-corrected chi connectivity index (χ3v) is 6.28. The van der Waals surface area contributed by atoms with Crippen LogP contribution in [-0.4, -0.2) is 73.9 Å². The number of amides is 1. The summed E-state index contributed by atoms with van der Waals surface area (Å²) >= 11 is 3.49. The maximum atomic E-state index is 12.5. The van der Waals surface area contributed by atoms with Crippen molar-refractivity contribution in [2.75, 3.05) is 63.7 Å². The molecular weight excluding hydrogens is 540 g/mol. The minimum Gasteiger partial charge on any atom is -0.495 e. The van der Waals surface area contributed by atoms with E-state index in [0.29, 0.717) is 57.8 Å². The van der Waals surface area contributed by atoms with Gasteiger partial charge in [0.05, 0.1) is 41.7 Å². The van der Waals surface area contributed by atoms with Gasteiger partial charge in [-0.3, -0.25) is 9.69 Å². The first-order valence-electron chi connectivity index (χ1n) is 12.1. The number of benzene rings is 2. The zero-order chi connectivity index (χ0) is 26.0. The standard InChI is InChI=1S/C26H31BrN6O4/c1-3-28-25(34)19-6-4-5-7-21(19)30-24-20(27)17-29-26(32-24)31-22-16-18(8-9-23(22)35-2)37-15-12-33-10-13-36-14-11-33/h4-9,16-17H,3,10-15H2,1-2H3,(H,28,34)(H2,29,30,31,32). The molecule has 196 valence electrons. The molecule has 0 bridgehead atoms.